The lowest BCUT2D eigenvalue weighted by Gasteiger charge is -2.08. The molecule has 0 spiro atoms. The Bertz CT molecular complexity index is 672. The second kappa shape index (κ2) is 5.51. The Morgan fingerprint density at radius 1 is 1.05 bits per heavy atom. The molecular formula is C17H12ClO2. The highest BCUT2D eigenvalue weighted by molar-refractivity contribution is 6.30. The number of ether oxygens (including phenoxy) is 1. The molecule has 0 saturated heterocycles. The lowest BCUT2D eigenvalue weighted by Crippen LogP contribution is -1.97. The fraction of sp³-hybridized carbons (Fsp3) is 0.118. The van der Waals surface area contributed by atoms with Crippen LogP contribution in [0.4, 0.5) is 0 Å². The summed E-state index contributed by atoms with van der Waals surface area (Å²) in [4.78, 5) is 10.9. The summed E-state index contributed by atoms with van der Waals surface area (Å²) in [6.07, 6.45) is 4.40. The zero-order chi connectivity index (χ0) is 13.9. The number of carbonyl (C=O) groups excluding carboxylic acids is 1. The molecule has 0 saturated carbocycles. The lowest BCUT2D eigenvalue weighted by molar-refractivity contribution is 0.325. The molecule has 1 heterocycles. The molecule has 1 radical (unpaired) electrons. The number of hydrogen-bond acceptors (Lipinski definition) is 2. The summed E-state index contributed by atoms with van der Waals surface area (Å²) < 4.78 is 5.64. The van der Waals surface area contributed by atoms with Crippen LogP contribution < -0.4 is 4.74 Å². The molecule has 99 valence electrons. The van der Waals surface area contributed by atoms with Gasteiger partial charge in [0, 0.05) is 22.6 Å². The van der Waals surface area contributed by atoms with Crippen LogP contribution >= 0.6 is 11.6 Å². The Kier molecular flexibility index (Phi) is 3.57. The molecule has 3 heteroatoms. The summed E-state index contributed by atoms with van der Waals surface area (Å²) in [6, 6.07) is 13.6. The van der Waals surface area contributed by atoms with Crippen molar-refractivity contribution in [2.75, 3.05) is 6.61 Å². The van der Waals surface area contributed by atoms with Gasteiger partial charge in [0.2, 0.25) is 6.29 Å². The van der Waals surface area contributed by atoms with Crippen molar-refractivity contribution >= 4 is 24.0 Å². The van der Waals surface area contributed by atoms with E-state index in [1.54, 1.807) is 0 Å². The third kappa shape index (κ3) is 2.61. The van der Waals surface area contributed by atoms with Gasteiger partial charge in [-0.25, -0.2) is 0 Å². The number of rotatable bonds is 2. The molecule has 3 rings (SSSR count). The van der Waals surface area contributed by atoms with E-state index in [-0.39, 0.29) is 0 Å². The van der Waals surface area contributed by atoms with Crippen LogP contribution in [0.2, 0.25) is 5.02 Å². The first kappa shape index (κ1) is 12.9. The summed E-state index contributed by atoms with van der Waals surface area (Å²) >= 11 is 5.90. The number of hydrogen-bond donors (Lipinski definition) is 0. The first-order chi connectivity index (χ1) is 9.76. The van der Waals surface area contributed by atoms with Crippen LogP contribution in [0, 0.1) is 0 Å². The van der Waals surface area contributed by atoms with E-state index in [2.05, 4.69) is 0 Å². The van der Waals surface area contributed by atoms with E-state index >= 15 is 0 Å². The molecule has 0 atom stereocenters. The first-order valence-corrected chi connectivity index (χ1v) is 6.75. The van der Waals surface area contributed by atoms with Gasteiger partial charge in [-0.3, -0.25) is 4.79 Å². The van der Waals surface area contributed by atoms with Crippen molar-refractivity contribution in [2.45, 2.75) is 6.42 Å². The molecule has 0 aliphatic carbocycles. The Morgan fingerprint density at radius 2 is 1.80 bits per heavy atom. The molecule has 0 amide bonds. The van der Waals surface area contributed by atoms with Crippen LogP contribution in [0.1, 0.15) is 12.0 Å². The average molecular weight is 284 g/mol. The summed E-state index contributed by atoms with van der Waals surface area (Å²) in [6.45, 7) is 0.508. The topological polar surface area (TPSA) is 26.3 Å². The zero-order valence-corrected chi connectivity index (χ0v) is 11.5. The van der Waals surface area contributed by atoms with Gasteiger partial charge in [-0.2, -0.15) is 0 Å². The Hall–Kier alpha value is -2.06. The molecule has 1 aliphatic heterocycles. The summed E-state index contributed by atoms with van der Waals surface area (Å²) in [7, 11) is 0. The van der Waals surface area contributed by atoms with Gasteiger partial charge < -0.3 is 4.74 Å². The van der Waals surface area contributed by atoms with E-state index in [1.165, 1.54) is 0 Å². The van der Waals surface area contributed by atoms with Crippen LogP contribution in [0.15, 0.2) is 48.0 Å². The van der Waals surface area contributed by atoms with Gasteiger partial charge in [-0.15, -0.1) is 0 Å². The van der Waals surface area contributed by atoms with Crippen LogP contribution in [0.3, 0.4) is 0 Å². The highest BCUT2D eigenvalue weighted by atomic mass is 35.5. The van der Waals surface area contributed by atoms with E-state index in [0.29, 0.717) is 23.6 Å². The monoisotopic (exact) mass is 283 g/mol. The lowest BCUT2D eigenvalue weighted by atomic mass is 10.0. The van der Waals surface area contributed by atoms with Gasteiger partial charge in [0.05, 0.1) is 6.61 Å². The first-order valence-electron chi connectivity index (χ1n) is 6.38. The van der Waals surface area contributed by atoms with Crippen molar-refractivity contribution in [3.05, 3.63) is 58.6 Å². The minimum atomic E-state index is 0.508. The van der Waals surface area contributed by atoms with Crippen LogP contribution in [0.5, 0.6) is 5.75 Å². The van der Waals surface area contributed by atoms with Crippen molar-refractivity contribution in [1.82, 2.24) is 0 Å². The highest BCUT2D eigenvalue weighted by Crippen LogP contribution is 2.31. The van der Waals surface area contributed by atoms with Crippen LogP contribution in [-0.2, 0) is 4.79 Å². The fourth-order valence-electron chi connectivity index (χ4n) is 2.23. The third-order valence-electron chi connectivity index (χ3n) is 3.28. The molecule has 20 heavy (non-hydrogen) atoms. The van der Waals surface area contributed by atoms with Gasteiger partial charge in [-0.1, -0.05) is 29.8 Å². The maximum atomic E-state index is 10.9. The van der Waals surface area contributed by atoms with E-state index in [0.717, 1.165) is 22.4 Å². The van der Waals surface area contributed by atoms with Gasteiger partial charge >= 0.3 is 0 Å². The van der Waals surface area contributed by atoms with E-state index in [4.69, 9.17) is 16.3 Å². The summed E-state index contributed by atoms with van der Waals surface area (Å²) in [5.74, 6) is 0.799. The summed E-state index contributed by atoms with van der Waals surface area (Å²) in [5, 5.41) is 0.713. The quantitative estimate of drug-likeness (QED) is 0.822. The molecule has 0 fully saturated rings. The van der Waals surface area contributed by atoms with E-state index in [1.807, 2.05) is 54.8 Å². The number of halogens is 1. The maximum absolute atomic E-state index is 10.9. The molecule has 0 bridgehead atoms. The molecule has 1 aliphatic rings. The molecule has 0 unspecified atom stereocenters. The standard InChI is InChI=1S/C17H12ClO2/c18-16-4-1-13(2-5-16)14-3-6-17-15(10-14)9-12(11-19)7-8-20-17/h1-6,9-10H,7-8H2. The van der Waals surface area contributed by atoms with E-state index in [9.17, 15) is 4.79 Å². The van der Waals surface area contributed by atoms with Gasteiger partial charge in [-0.05, 0) is 41.5 Å². The predicted octanol–water partition coefficient (Wildman–Crippen LogP) is 4.28. The average Bonchev–Trinajstić information content (AvgIpc) is 2.69. The van der Waals surface area contributed by atoms with Gasteiger partial charge in [0.25, 0.3) is 0 Å². The van der Waals surface area contributed by atoms with Crippen molar-refractivity contribution in [2.24, 2.45) is 0 Å². The van der Waals surface area contributed by atoms with Gasteiger partial charge in [0.15, 0.2) is 0 Å². The third-order valence-corrected chi connectivity index (χ3v) is 3.53. The van der Waals surface area contributed by atoms with Gasteiger partial charge in [0.1, 0.15) is 5.75 Å². The normalized spacial score (nSPS) is 13.8. The highest BCUT2D eigenvalue weighted by Gasteiger charge is 2.11. The zero-order valence-electron chi connectivity index (χ0n) is 10.7. The summed E-state index contributed by atoms with van der Waals surface area (Å²) in [5.41, 5.74) is 3.68. The van der Waals surface area contributed by atoms with E-state index < -0.39 is 0 Å². The van der Waals surface area contributed by atoms with Crippen LogP contribution in [0.25, 0.3) is 17.2 Å². The molecule has 0 aromatic heterocycles. The molecule has 0 N–H and O–H groups in total. The molecule has 2 nitrogen and oxygen atoms in total. The predicted molar refractivity (Wildman–Crippen MR) is 80.7 cm³/mol. The minimum absolute atomic E-state index is 0.508. The fourth-order valence-corrected chi connectivity index (χ4v) is 2.35. The SMILES string of the molecule is O=[C]C1=Cc2cc(-c3ccc(Cl)cc3)ccc2OCC1. The van der Waals surface area contributed by atoms with Crippen molar-refractivity contribution in [1.29, 1.82) is 0 Å². The number of fused-ring (bicyclic) bond motifs is 1. The second-order valence-electron chi connectivity index (χ2n) is 4.63. The Labute approximate surface area is 122 Å². The van der Waals surface area contributed by atoms with Crippen molar-refractivity contribution in [3.63, 3.8) is 0 Å². The Balaban J connectivity index is 2.05. The van der Waals surface area contributed by atoms with Crippen molar-refractivity contribution in [3.8, 4) is 16.9 Å². The Morgan fingerprint density at radius 3 is 2.55 bits per heavy atom. The largest absolute Gasteiger partial charge is 0.493 e. The molecule has 2 aromatic rings. The van der Waals surface area contributed by atoms with Crippen LogP contribution in [-0.4, -0.2) is 12.9 Å². The number of benzene rings is 2. The molecular weight excluding hydrogens is 272 g/mol. The van der Waals surface area contributed by atoms with Crippen molar-refractivity contribution < 1.29 is 9.53 Å². The second-order valence-corrected chi connectivity index (χ2v) is 5.07. The minimum Gasteiger partial charge on any atom is -0.493 e. The molecule has 2 aromatic carbocycles. The maximum Gasteiger partial charge on any atom is 0.229 e. The smallest absolute Gasteiger partial charge is 0.229 e.